The maximum Gasteiger partial charge on any atom is 0.262 e. The number of ether oxygens (including phenoxy) is 4. The third-order valence-corrected chi connectivity index (χ3v) is 13.6. The Morgan fingerprint density at radius 1 is 1.02 bits per heavy atom. The summed E-state index contributed by atoms with van der Waals surface area (Å²) >= 11 is 0. The number of hydrogen-bond acceptors (Lipinski definition) is 9. The van der Waals surface area contributed by atoms with Crippen molar-refractivity contribution in [2.24, 2.45) is 41.2 Å². The number of para-hydroxylation sites is 1. The molecule has 0 bridgehead atoms. The predicted octanol–water partition coefficient (Wildman–Crippen LogP) is 5.59. The van der Waals surface area contributed by atoms with Gasteiger partial charge in [-0.25, -0.2) is 12.8 Å². The average Bonchev–Trinajstić information content (AvgIpc) is 3.34. The van der Waals surface area contributed by atoms with Crippen LogP contribution in [0.5, 0.6) is 0 Å². The largest absolute Gasteiger partial charge is 0.489 e. The van der Waals surface area contributed by atoms with E-state index in [9.17, 15) is 23.0 Å². The molecule has 3 aliphatic rings. The molecule has 0 radical (unpaired) electrons. The lowest BCUT2D eigenvalue weighted by Crippen LogP contribution is -2.67. The molecule has 1 aliphatic heterocycles. The SMILES string of the molecule is CO[C@H](C)C[C@]1(O)C(CN)CC([C@H]2O/C(c3ccccc3NS(=O)(=O)c3cccc(F)c3)=C\[C@@H](OC)CC[C@@H]2C)C(C)C2C[C@H](C)[C@H](OC)[C@@]21O. The van der Waals surface area contributed by atoms with Crippen LogP contribution in [-0.4, -0.2) is 82.1 Å². The molecular formula is C39H57FN2O8S. The molecule has 0 amide bonds. The van der Waals surface area contributed by atoms with Gasteiger partial charge in [-0.05, 0) is 105 Å². The van der Waals surface area contributed by atoms with E-state index >= 15 is 0 Å². The van der Waals surface area contributed by atoms with Gasteiger partial charge in [-0.15, -0.1) is 0 Å². The lowest BCUT2D eigenvalue weighted by atomic mass is 9.65. The van der Waals surface area contributed by atoms with Crippen molar-refractivity contribution in [3.8, 4) is 0 Å². The Kier molecular flexibility index (Phi) is 12.3. The first-order valence-corrected chi connectivity index (χ1v) is 19.6. The number of halogens is 1. The maximum absolute atomic E-state index is 14.1. The summed E-state index contributed by atoms with van der Waals surface area (Å²) in [6.45, 7) is 8.37. The molecule has 0 saturated heterocycles. The normalized spacial score (nSPS) is 37.5. The van der Waals surface area contributed by atoms with Crippen molar-refractivity contribution in [2.45, 2.75) is 100 Å². The van der Waals surface area contributed by atoms with Crippen LogP contribution in [0.3, 0.4) is 0 Å². The van der Waals surface area contributed by atoms with Crippen molar-refractivity contribution in [3.63, 3.8) is 0 Å². The van der Waals surface area contributed by atoms with E-state index in [-0.39, 0.29) is 65.3 Å². The van der Waals surface area contributed by atoms with Crippen LogP contribution < -0.4 is 10.5 Å². The molecule has 10 nitrogen and oxygen atoms in total. The van der Waals surface area contributed by atoms with E-state index in [0.29, 0.717) is 30.6 Å². The fourth-order valence-electron chi connectivity index (χ4n) is 9.50. The van der Waals surface area contributed by atoms with Crippen molar-refractivity contribution < 1.29 is 42.0 Å². The highest BCUT2D eigenvalue weighted by molar-refractivity contribution is 7.92. The van der Waals surface area contributed by atoms with Crippen LogP contribution in [0, 0.1) is 41.3 Å². The Hall–Kier alpha value is -2.58. The first-order chi connectivity index (χ1) is 24.1. The molecule has 0 aromatic heterocycles. The monoisotopic (exact) mass is 732 g/mol. The van der Waals surface area contributed by atoms with Gasteiger partial charge < -0.3 is 34.9 Å². The van der Waals surface area contributed by atoms with Gasteiger partial charge in [-0.1, -0.05) is 39.0 Å². The topological polar surface area (TPSA) is 150 Å². The summed E-state index contributed by atoms with van der Waals surface area (Å²) in [4.78, 5) is -0.200. The average molecular weight is 733 g/mol. The standard InChI is InChI=1S/C39H57FN2O8S/c1-23-15-16-29(48-6)20-35(31-13-8-9-14-34(31)42-51(45,46)30-12-10-11-28(40)19-30)50-36(23)32-18-27(22-41)38(43,21-25(3)47-5)39(44)33(26(32)4)17-24(2)37(39)49-7/h8-14,19-20,23-27,29,32-33,36-37,42-44H,15-18,21-22,41H2,1-7H3/b35-20-/t23-,24-,25+,26?,27?,29-,32?,33?,36-,37-,38-,39-/m0/s1. The van der Waals surface area contributed by atoms with Gasteiger partial charge in [0.05, 0.1) is 28.9 Å². The molecule has 2 aromatic carbocycles. The van der Waals surface area contributed by atoms with Crippen LogP contribution in [0.2, 0.25) is 0 Å². The molecular weight excluding hydrogens is 676 g/mol. The summed E-state index contributed by atoms with van der Waals surface area (Å²) in [5, 5.41) is 25.8. The molecule has 1 heterocycles. The fraction of sp³-hybridized carbons (Fsp3) is 0.641. The highest BCUT2D eigenvalue weighted by atomic mass is 32.2. The summed E-state index contributed by atoms with van der Waals surface area (Å²) in [7, 11) is 0.675. The molecule has 2 saturated carbocycles. The smallest absolute Gasteiger partial charge is 0.262 e. The lowest BCUT2D eigenvalue weighted by Gasteiger charge is -2.51. The van der Waals surface area contributed by atoms with Crippen molar-refractivity contribution in [3.05, 3.63) is 66.0 Å². The molecule has 2 fully saturated rings. The summed E-state index contributed by atoms with van der Waals surface area (Å²) in [6, 6.07) is 11.8. The molecule has 5 rings (SSSR count). The summed E-state index contributed by atoms with van der Waals surface area (Å²) < 4.78 is 68.3. The summed E-state index contributed by atoms with van der Waals surface area (Å²) in [5.41, 5.74) is 4.11. The van der Waals surface area contributed by atoms with E-state index in [0.717, 1.165) is 12.5 Å². The number of methoxy groups -OCH3 is 3. The summed E-state index contributed by atoms with van der Waals surface area (Å²) in [5.74, 6) is -1.34. The quantitative estimate of drug-likeness (QED) is 0.232. The molecule has 2 aliphatic carbocycles. The van der Waals surface area contributed by atoms with E-state index in [1.807, 2.05) is 13.0 Å². The van der Waals surface area contributed by atoms with Gasteiger partial charge >= 0.3 is 0 Å². The molecule has 284 valence electrons. The van der Waals surface area contributed by atoms with Crippen LogP contribution >= 0.6 is 0 Å². The highest BCUT2D eigenvalue weighted by Crippen LogP contribution is 2.60. The second kappa shape index (κ2) is 15.8. The van der Waals surface area contributed by atoms with Crippen LogP contribution in [0.25, 0.3) is 5.76 Å². The van der Waals surface area contributed by atoms with E-state index in [1.165, 1.54) is 18.2 Å². The van der Waals surface area contributed by atoms with Gasteiger partial charge in [0, 0.05) is 39.2 Å². The Morgan fingerprint density at radius 2 is 1.75 bits per heavy atom. The first kappa shape index (κ1) is 39.6. The molecule has 2 aromatic rings. The van der Waals surface area contributed by atoms with Crippen LogP contribution in [0.4, 0.5) is 10.1 Å². The van der Waals surface area contributed by atoms with Crippen molar-refractivity contribution >= 4 is 21.5 Å². The number of nitrogens with two attached hydrogens (primary N) is 1. The minimum absolute atomic E-state index is 0.0163. The number of benzene rings is 2. The first-order valence-electron chi connectivity index (χ1n) is 18.1. The zero-order valence-corrected chi connectivity index (χ0v) is 31.7. The summed E-state index contributed by atoms with van der Waals surface area (Å²) in [6.07, 6.45) is 3.03. The van der Waals surface area contributed by atoms with Crippen LogP contribution in [0.15, 0.2) is 59.5 Å². The number of sulfonamides is 1. The van der Waals surface area contributed by atoms with Crippen LogP contribution in [-0.2, 0) is 29.0 Å². The van der Waals surface area contributed by atoms with Crippen molar-refractivity contribution in [1.82, 2.24) is 0 Å². The van der Waals surface area contributed by atoms with Gasteiger partial charge in [-0.2, -0.15) is 0 Å². The molecule has 12 atom stereocenters. The molecule has 51 heavy (non-hydrogen) atoms. The number of aliphatic hydroxyl groups is 2. The number of hydrogen-bond donors (Lipinski definition) is 4. The third-order valence-electron chi connectivity index (χ3n) is 12.3. The number of anilines is 1. The highest BCUT2D eigenvalue weighted by Gasteiger charge is 2.69. The van der Waals surface area contributed by atoms with Crippen molar-refractivity contribution in [2.75, 3.05) is 32.6 Å². The van der Waals surface area contributed by atoms with Gasteiger partial charge in [-0.3, -0.25) is 4.72 Å². The molecule has 12 heteroatoms. The van der Waals surface area contributed by atoms with Gasteiger partial charge in [0.25, 0.3) is 10.0 Å². The Labute approximate surface area is 302 Å². The van der Waals surface area contributed by atoms with Crippen molar-refractivity contribution in [1.29, 1.82) is 0 Å². The molecule has 5 N–H and O–H groups in total. The van der Waals surface area contributed by atoms with Crippen LogP contribution in [0.1, 0.15) is 65.4 Å². The number of nitrogens with one attached hydrogen (secondary N) is 1. The second-order valence-electron chi connectivity index (χ2n) is 15.2. The van der Waals surface area contributed by atoms with E-state index in [4.69, 9.17) is 24.7 Å². The zero-order chi connectivity index (χ0) is 37.3. The maximum atomic E-state index is 14.1. The predicted molar refractivity (Wildman–Crippen MR) is 195 cm³/mol. The number of fused-ring (bicyclic) bond motifs is 1. The van der Waals surface area contributed by atoms with E-state index in [1.54, 1.807) is 45.6 Å². The molecule has 0 spiro atoms. The van der Waals surface area contributed by atoms with E-state index < -0.39 is 45.2 Å². The van der Waals surface area contributed by atoms with E-state index in [2.05, 4.69) is 25.5 Å². The zero-order valence-electron chi connectivity index (χ0n) is 30.9. The van der Waals surface area contributed by atoms with Gasteiger partial charge in [0.2, 0.25) is 0 Å². The Morgan fingerprint density at radius 3 is 2.39 bits per heavy atom. The molecule has 4 unspecified atom stereocenters. The van der Waals surface area contributed by atoms with Gasteiger partial charge in [0.1, 0.15) is 28.9 Å². The van der Waals surface area contributed by atoms with Gasteiger partial charge in [0.15, 0.2) is 0 Å². The lowest BCUT2D eigenvalue weighted by molar-refractivity contribution is -0.248. The minimum Gasteiger partial charge on any atom is -0.489 e. The number of rotatable bonds is 11. The Balaban J connectivity index is 1.59. The Bertz CT molecular complexity index is 1640. The third kappa shape index (κ3) is 7.47. The minimum atomic E-state index is -4.15. The second-order valence-corrected chi connectivity index (χ2v) is 16.9. The fourth-order valence-corrected chi connectivity index (χ4v) is 10.6.